The maximum Gasteiger partial charge on any atom is 0.359 e. The first-order valence-corrected chi connectivity index (χ1v) is 10.6. The molecule has 7 nitrogen and oxygen atoms in total. The lowest BCUT2D eigenvalue weighted by Gasteiger charge is -2.14. The number of ether oxygens (including phenoxy) is 1. The molecule has 2 aromatic carbocycles. The van der Waals surface area contributed by atoms with E-state index in [1.165, 1.54) is 12.1 Å². The van der Waals surface area contributed by atoms with Crippen LogP contribution in [0, 0.1) is 5.82 Å². The van der Waals surface area contributed by atoms with Crippen molar-refractivity contribution >= 4 is 28.5 Å². The normalized spacial score (nSPS) is 13.2. The van der Waals surface area contributed by atoms with E-state index in [0.29, 0.717) is 28.0 Å². The van der Waals surface area contributed by atoms with Crippen LogP contribution in [0.4, 0.5) is 4.39 Å². The number of benzene rings is 2. The number of carbonyl (C=O) groups is 1. The zero-order valence-electron chi connectivity index (χ0n) is 16.9. The molecule has 0 radical (unpaired) electrons. The SMILES string of the molecule is O=C(OCc1nc2cc(Cl)ccc2c(=O)[nH]1)c1nn(-c2ccc(F)cc2)c2c1CCCC2. The first kappa shape index (κ1) is 20.4. The standard InChI is InChI=1S/C23H18ClFN4O3/c24-13-5-10-16-18(11-13)26-20(27-22(16)30)12-32-23(31)21-17-3-1-2-4-19(17)29(28-21)15-8-6-14(25)7-9-15/h5-11H,1-4,12H2,(H,26,27,30). The number of aromatic amines is 1. The maximum absolute atomic E-state index is 13.3. The fourth-order valence-electron chi connectivity index (χ4n) is 3.99. The van der Waals surface area contributed by atoms with E-state index in [1.54, 1.807) is 35.0 Å². The van der Waals surface area contributed by atoms with Crippen molar-refractivity contribution in [1.29, 1.82) is 0 Å². The number of rotatable bonds is 4. The molecule has 32 heavy (non-hydrogen) atoms. The molecule has 9 heteroatoms. The van der Waals surface area contributed by atoms with Gasteiger partial charge < -0.3 is 9.72 Å². The third-order valence-corrected chi connectivity index (χ3v) is 5.74. The fraction of sp³-hybridized carbons (Fsp3) is 0.217. The number of fused-ring (bicyclic) bond motifs is 2. The quantitative estimate of drug-likeness (QED) is 0.470. The Kier molecular flexibility index (Phi) is 5.22. The Bertz CT molecular complexity index is 1400. The number of aromatic nitrogens is 4. The number of nitrogens with zero attached hydrogens (tertiary/aromatic N) is 3. The average Bonchev–Trinajstić information content (AvgIpc) is 3.17. The fourth-order valence-corrected chi connectivity index (χ4v) is 4.16. The molecule has 0 atom stereocenters. The van der Waals surface area contributed by atoms with Crippen molar-refractivity contribution in [3.8, 4) is 5.69 Å². The van der Waals surface area contributed by atoms with Crippen molar-refractivity contribution in [1.82, 2.24) is 19.7 Å². The van der Waals surface area contributed by atoms with Gasteiger partial charge in [0.1, 0.15) is 18.2 Å². The van der Waals surface area contributed by atoms with Crippen molar-refractivity contribution in [2.75, 3.05) is 0 Å². The number of hydrogen-bond acceptors (Lipinski definition) is 5. The number of halogens is 2. The first-order chi connectivity index (χ1) is 15.5. The monoisotopic (exact) mass is 452 g/mol. The molecule has 0 saturated carbocycles. The predicted octanol–water partition coefficient (Wildman–Crippen LogP) is 4.14. The zero-order valence-corrected chi connectivity index (χ0v) is 17.7. The molecule has 1 aliphatic rings. The largest absolute Gasteiger partial charge is 0.453 e. The number of H-pyrrole nitrogens is 1. The van der Waals surface area contributed by atoms with Gasteiger partial charge >= 0.3 is 5.97 Å². The second-order valence-electron chi connectivity index (χ2n) is 7.62. The molecular weight excluding hydrogens is 435 g/mol. The Morgan fingerprint density at radius 1 is 1.16 bits per heavy atom. The molecule has 2 heterocycles. The highest BCUT2D eigenvalue weighted by Crippen LogP contribution is 2.27. The van der Waals surface area contributed by atoms with E-state index in [4.69, 9.17) is 16.3 Å². The Morgan fingerprint density at radius 2 is 1.94 bits per heavy atom. The van der Waals surface area contributed by atoms with Crippen LogP contribution in [0.2, 0.25) is 5.02 Å². The van der Waals surface area contributed by atoms with E-state index >= 15 is 0 Å². The van der Waals surface area contributed by atoms with Crippen molar-refractivity contribution in [2.24, 2.45) is 0 Å². The summed E-state index contributed by atoms with van der Waals surface area (Å²) in [5.74, 6) is -0.727. The van der Waals surface area contributed by atoms with E-state index in [9.17, 15) is 14.0 Å². The lowest BCUT2D eigenvalue weighted by Crippen LogP contribution is -2.15. The number of nitrogens with one attached hydrogen (secondary N) is 1. The van der Waals surface area contributed by atoms with Crippen LogP contribution in [0.25, 0.3) is 16.6 Å². The Hall–Kier alpha value is -3.52. The summed E-state index contributed by atoms with van der Waals surface area (Å²) in [5, 5.41) is 5.35. The summed E-state index contributed by atoms with van der Waals surface area (Å²) in [5.41, 5.74) is 2.77. The minimum absolute atomic E-state index is 0.213. The van der Waals surface area contributed by atoms with E-state index in [1.807, 2.05) is 0 Å². The van der Waals surface area contributed by atoms with Gasteiger partial charge in [-0.2, -0.15) is 5.10 Å². The van der Waals surface area contributed by atoms with Crippen LogP contribution in [0.3, 0.4) is 0 Å². The van der Waals surface area contributed by atoms with E-state index in [-0.39, 0.29) is 29.5 Å². The van der Waals surface area contributed by atoms with Crippen LogP contribution in [0.5, 0.6) is 0 Å². The van der Waals surface area contributed by atoms with Crippen LogP contribution in [-0.4, -0.2) is 25.7 Å². The predicted molar refractivity (Wildman–Crippen MR) is 117 cm³/mol. The van der Waals surface area contributed by atoms with Gasteiger partial charge in [0.2, 0.25) is 0 Å². The molecule has 0 aliphatic heterocycles. The van der Waals surface area contributed by atoms with Gasteiger partial charge in [0, 0.05) is 16.3 Å². The number of esters is 1. The van der Waals surface area contributed by atoms with Gasteiger partial charge in [0.15, 0.2) is 5.69 Å². The summed E-state index contributed by atoms with van der Waals surface area (Å²) < 4.78 is 20.5. The summed E-state index contributed by atoms with van der Waals surface area (Å²) in [6.45, 7) is -0.214. The van der Waals surface area contributed by atoms with E-state index < -0.39 is 5.97 Å². The summed E-state index contributed by atoms with van der Waals surface area (Å²) in [4.78, 5) is 32.1. The van der Waals surface area contributed by atoms with Gasteiger partial charge in [-0.1, -0.05) is 11.6 Å². The molecule has 5 rings (SSSR count). The van der Waals surface area contributed by atoms with Gasteiger partial charge in [0.25, 0.3) is 5.56 Å². The molecule has 1 N–H and O–H groups in total. The van der Waals surface area contributed by atoms with Gasteiger partial charge in [-0.05, 0) is 68.1 Å². The minimum Gasteiger partial charge on any atom is -0.453 e. The Morgan fingerprint density at radius 3 is 2.75 bits per heavy atom. The van der Waals surface area contributed by atoms with Gasteiger partial charge in [-0.25, -0.2) is 18.9 Å². The molecule has 0 saturated heterocycles. The van der Waals surface area contributed by atoms with Crippen LogP contribution in [0.1, 0.15) is 40.4 Å². The molecule has 0 unspecified atom stereocenters. The van der Waals surface area contributed by atoms with Crippen LogP contribution < -0.4 is 5.56 Å². The van der Waals surface area contributed by atoms with Gasteiger partial charge in [-0.15, -0.1) is 0 Å². The van der Waals surface area contributed by atoms with Crippen molar-refractivity contribution in [3.63, 3.8) is 0 Å². The molecule has 162 valence electrons. The van der Waals surface area contributed by atoms with Crippen molar-refractivity contribution in [2.45, 2.75) is 32.3 Å². The molecular formula is C23H18ClFN4O3. The first-order valence-electron chi connectivity index (χ1n) is 10.2. The maximum atomic E-state index is 13.3. The van der Waals surface area contributed by atoms with Crippen molar-refractivity contribution < 1.29 is 13.9 Å². The van der Waals surface area contributed by atoms with Crippen molar-refractivity contribution in [3.05, 3.63) is 86.4 Å². The zero-order chi connectivity index (χ0) is 22.2. The summed E-state index contributed by atoms with van der Waals surface area (Å²) in [7, 11) is 0. The lowest BCUT2D eigenvalue weighted by atomic mass is 9.95. The third-order valence-electron chi connectivity index (χ3n) is 5.50. The molecule has 1 aliphatic carbocycles. The van der Waals surface area contributed by atoms with Crippen LogP contribution >= 0.6 is 11.6 Å². The highest BCUT2D eigenvalue weighted by Gasteiger charge is 2.26. The Balaban J connectivity index is 1.43. The minimum atomic E-state index is -0.599. The summed E-state index contributed by atoms with van der Waals surface area (Å²) in [6, 6.07) is 10.8. The summed E-state index contributed by atoms with van der Waals surface area (Å²) >= 11 is 5.99. The van der Waals surface area contributed by atoms with Gasteiger partial charge in [0.05, 0.1) is 16.6 Å². The van der Waals surface area contributed by atoms with Crippen LogP contribution in [0.15, 0.2) is 47.3 Å². The highest BCUT2D eigenvalue weighted by molar-refractivity contribution is 6.31. The molecule has 0 bridgehead atoms. The average molecular weight is 453 g/mol. The topological polar surface area (TPSA) is 89.9 Å². The second-order valence-corrected chi connectivity index (χ2v) is 8.06. The molecule has 2 aromatic heterocycles. The lowest BCUT2D eigenvalue weighted by molar-refractivity contribution is 0.0453. The van der Waals surface area contributed by atoms with E-state index in [2.05, 4.69) is 15.1 Å². The van der Waals surface area contributed by atoms with Gasteiger partial charge in [-0.3, -0.25) is 4.79 Å². The van der Waals surface area contributed by atoms with E-state index in [0.717, 1.165) is 30.5 Å². The Labute approximate surface area is 186 Å². The number of carbonyl (C=O) groups excluding carboxylic acids is 1. The molecule has 4 aromatic rings. The highest BCUT2D eigenvalue weighted by atomic mass is 35.5. The second kappa shape index (κ2) is 8.20. The number of hydrogen-bond donors (Lipinski definition) is 1. The van der Waals surface area contributed by atoms with Crippen LogP contribution in [-0.2, 0) is 24.2 Å². The molecule has 0 fully saturated rings. The smallest absolute Gasteiger partial charge is 0.359 e. The third kappa shape index (κ3) is 3.78. The summed E-state index contributed by atoms with van der Waals surface area (Å²) in [6.07, 6.45) is 3.42. The molecule has 0 spiro atoms. The molecule has 0 amide bonds.